The van der Waals surface area contributed by atoms with Gasteiger partial charge in [-0.25, -0.2) is 0 Å². The molecule has 1 heterocycles. The first kappa shape index (κ1) is 7.22. The Morgan fingerprint density at radius 3 is 2.80 bits per heavy atom. The van der Waals surface area contributed by atoms with Gasteiger partial charge >= 0.3 is 0 Å². The highest BCUT2D eigenvalue weighted by Gasteiger charge is 2.00. The van der Waals surface area contributed by atoms with Gasteiger partial charge in [-0.2, -0.15) is 0 Å². The molecular formula is C8H9NS. The number of nitrogens with zero attached hydrogens (tertiary/aromatic N) is 1. The molecule has 0 saturated heterocycles. The van der Waals surface area contributed by atoms with Crippen molar-refractivity contribution in [2.75, 3.05) is 0 Å². The minimum atomic E-state index is 0.942. The van der Waals surface area contributed by atoms with Gasteiger partial charge < -0.3 is 0 Å². The van der Waals surface area contributed by atoms with Crippen LogP contribution in [0.5, 0.6) is 0 Å². The minimum absolute atomic E-state index is 0.942. The molecule has 1 nitrogen and oxygen atoms in total. The second kappa shape index (κ2) is 2.80. The molecule has 0 saturated carbocycles. The minimum Gasteiger partial charge on any atom is -0.263 e. The molecule has 52 valence electrons. The van der Waals surface area contributed by atoms with E-state index in [1.807, 2.05) is 18.4 Å². The highest BCUT2D eigenvalue weighted by atomic mass is 32.1. The van der Waals surface area contributed by atoms with Crippen LogP contribution in [0, 0.1) is 0 Å². The van der Waals surface area contributed by atoms with E-state index in [4.69, 9.17) is 0 Å². The smallest absolute Gasteiger partial charge is 0.0804 e. The van der Waals surface area contributed by atoms with Crippen molar-refractivity contribution in [3.63, 3.8) is 0 Å². The molecule has 0 aromatic carbocycles. The van der Waals surface area contributed by atoms with Gasteiger partial charge in [0.25, 0.3) is 0 Å². The van der Waals surface area contributed by atoms with E-state index in [1.165, 1.54) is 0 Å². The maximum atomic E-state index is 3.85. The van der Waals surface area contributed by atoms with Crippen molar-refractivity contribution < 1.29 is 0 Å². The molecule has 0 N–H and O–H groups in total. The lowest BCUT2D eigenvalue weighted by Gasteiger charge is -1.93. The Kier molecular flexibility index (Phi) is 2.02. The molecule has 2 heteroatoms. The predicted octanol–water partition coefficient (Wildman–Crippen LogP) is 3.11. The average molecular weight is 151 g/mol. The summed E-state index contributed by atoms with van der Waals surface area (Å²) in [6, 6.07) is 1.95. The van der Waals surface area contributed by atoms with Crippen LogP contribution in [0.1, 0.15) is 11.8 Å². The summed E-state index contributed by atoms with van der Waals surface area (Å²) in [5.74, 6) is 0. The van der Waals surface area contributed by atoms with E-state index in [2.05, 4.69) is 18.3 Å². The number of rotatable bonds is 2. The normalized spacial score (nSPS) is 9.30. The first-order valence-corrected chi connectivity index (χ1v) is 3.83. The van der Waals surface area contributed by atoms with E-state index in [0.29, 0.717) is 0 Å². The van der Waals surface area contributed by atoms with E-state index in [1.54, 1.807) is 11.3 Å². The lowest BCUT2D eigenvalue weighted by molar-refractivity contribution is 1.58. The summed E-state index contributed by atoms with van der Waals surface area (Å²) in [6.07, 6.45) is 0. The number of hydrogen-bond acceptors (Lipinski definition) is 2. The van der Waals surface area contributed by atoms with Crippen LogP contribution < -0.4 is 0 Å². The topological polar surface area (TPSA) is 12.4 Å². The molecule has 0 aliphatic heterocycles. The van der Waals surface area contributed by atoms with Crippen molar-refractivity contribution in [3.05, 3.63) is 22.9 Å². The van der Waals surface area contributed by atoms with Crippen LogP contribution in [-0.4, -0.2) is 6.72 Å². The van der Waals surface area contributed by atoms with Crippen molar-refractivity contribution in [3.8, 4) is 0 Å². The number of allylic oxidation sites excluding steroid dienone is 1. The predicted molar refractivity (Wildman–Crippen MR) is 48.2 cm³/mol. The van der Waals surface area contributed by atoms with Gasteiger partial charge in [0, 0.05) is 0 Å². The third-order valence-corrected chi connectivity index (χ3v) is 2.27. The van der Waals surface area contributed by atoms with Gasteiger partial charge in [0.05, 0.1) is 10.6 Å². The van der Waals surface area contributed by atoms with Crippen molar-refractivity contribution >= 4 is 29.3 Å². The summed E-state index contributed by atoms with van der Waals surface area (Å²) in [5.41, 5.74) is 2.00. The Balaban J connectivity index is 3.13. The van der Waals surface area contributed by atoms with Crippen molar-refractivity contribution in [1.82, 2.24) is 0 Å². The number of aliphatic imine (C=N–C) groups is 1. The second-order valence-electron chi connectivity index (χ2n) is 2.07. The molecule has 0 aliphatic rings. The highest BCUT2D eigenvalue weighted by molar-refractivity contribution is 7.11. The first-order chi connectivity index (χ1) is 4.75. The van der Waals surface area contributed by atoms with Crippen LogP contribution in [0.2, 0.25) is 0 Å². The van der Waals surface area contributed by atoms with E-state index in [0.717, 1.165) is 16.1 Å². The summed E-state index contributed by atoms with van der Waals surface area (Å²) in [4.78, 5) is 4.99. The van der Waals surface area contributed by atoms with E-state index < -0.39 is 0 Å². The molecule has 0 atom stereocenters. The maximum absolute atomic E-state index is 3.85. The van der Waals surface area contributed by atoms with Gasteiger partial charge in [-0.1, -0.05) is 6.58 Å². The zero-order valence-corrected chi connectivity index (χ0v) is 6.74. The Morgan fingerprint density at radius 1 is 1.70 bits per heavy atom. The molecule has 1 aromatic heterocycles. The second-order valence-corrected chi connectivity index (χ2v) is 2.99. The van der Waals surface area contributed by atoms with Gasteiger partial charge in [0.15, 0.2) is 0 Å². The lowest BCUT2D eigenvalue weighted by Crippen LogP contribution is -1.67. The van der Waals surface area contributed by atoms with Crippen LogP contribution in [0.25, 0.3) is 5.57 Å². The largest absolute Gasteiger partial charge is 0.263 e. The van der Waals surface area contributed by atoms with Gasteiger partial charge in [0.2, 0.25) is 0 Å². The molecule has 0 bridgehead atoms. The summed E-state index contributed by atoms with van der Waals surface area (Å²) < 4.78 is 0. The average Bonchev–Trinajstić information content (AvgIpc) is 2.33. The van der Waals surface area contributed by atoms with E-state index in [-0.39, 0.29) is 0 Å². The van der Waals surface area contributed by atoms with Gasteiger partial charge in [-0.15, -0.1) is 11.3 Å². The fourth-order valence-corrected chi connectivity index (χ4v) is 1.53. The Morgan fingerprint density at radius 2 is 2.40 bits per heavy atom. The number of thiophene rings is 1. The molecule has 0 radical (unpaired) electrons. The molecule has 1 rings (SSSR count). The van der Waals surface area contributed by atoms with Gasteiger partial charge in [-0.3, -0.25) is 4.99 Å². The summed E-state index contributed by atoms with van der Waals surface area (Å²) in [7, 11) is 0. The quantitative estimate of drug-likeness (QED) is 0.576. The Hall–Kier alpha value is -0.890. The molecule has 0 aliphatic carbocycles. The summed E-state index contributed by atoms with van der Waals surface area (Å²) >= 11 is 1.65. The van der Waals surface area contributed by atoms with Gasteiger partial charge in [-0.05, 0) is 30.7 Å². The molecule has 0 unspecified atom stereocenters. The van der Waals surface area contributed by atoms with Crippen LogP contribution in [0.3, 0.4) is 0 Å². The van der Waals surface area contributed by atoms with Crippen molar-refractivity contribution in [2.45, 2.75) is 6.92 Å². The zero-order valence-electron chi connectivity index (χ0n) is 5.92. The monoisotopic (exact) mass is 151 g/mol. The van der Waals surface area contributed by atoms with Crippen LogP contribution in [-0.2, 0) is 0 Å². The fourth-order valence-electron chi connectivity index (χ4n) is 0.746. The molecule has 1 aromatic rings. The van der Waals surface area contributed by atoms with E-state index in [9.17, 15) is 0 Å². The molecular weight excluding hydrogens is 142 g/mol. The summed E-state index contributed by atoms with van der Waals surface area (Å²) in [6.45, 7) is 9.26. The molecule has 0 spiro atoms. The third kappa shape index (κ3) is 1.16. The fraction of sp³-hybridized carbons (Fsp3) is 0.125. The van der Waals surface area contributed by atoms with Crippen LogP contribution in [0.4, 0.5) is 5.69 Å². The van der Waals surface area contributed by atoms with Crippen LogP contribution >= 0.6 is 11.3 Å². The van der Waals surface area contributed by atoms with E-state index >= 15 is 0 Å². The standard InChI is InChI=1S/C8H9NS/c1-6(2)8-7(9-3)4-5-10-8/h4-5H,1,3H2,2H3. The lowest BCUT2D eigenvalue weighted by atomic mass is 10.2. The molecule has 0 fully saturated rings. The number of hydrogen-bond donors (Lipinski definition) is 0. The molecule has 10 heavy (non-hydrogen) atoms. The third-order valence-electron chi connectivity index (χ3n) is 1.20. The summed E-state index contributed by atoms with van der Waals surface area (Å²) in [5, 5.41) is 1.99. The zero-order chi connectivity index (χ0) is 7.56. The highest BCUT2D eigenvalue weighted by Crippen LogP contribution is 2.29. The van der Waals surface area contributed by atoms with Crippen molar-refractivity contribution in [1.29, 1.82) is 0 Å². The Labute approximate surface area is 64.7 Å². The maximum Gasteiger partial charge on any atom is 0.0804 e. The van der Waals surface area contributed by atoms with Crippen molar-refractivity contribution in [2.24, 2.45) is 4.99 Å². The van der Waals surface area contributed by atoms with Crippen LogP contribution in [0.15, 0.2) is 23.0 Å². The molecule has 0 amide bonds. The van der Waals surface area contributed by atoms with Gasteiger partial charge in [0.1, 0.15) is 0 Å². The first-order valence-electron chi connectivity index (χ1n) is 2.96. The SMILES string of the molecule is C=Nc1ccsc1C(=C)C. The Bertz CT molecular complexity index is 260.